The number of halogens is 1. The van der Waals surface area contributed by atoms with Crippen LogP contribution in [0.1, 0.15) is 27.7 Å². The molecule has 6 rings (SSSR count). The van der Waals surface area contributed by atoms with Gasteiger partial charge in [-0.15, -0.1) is 0 Å². The molecule has 1 aromatic carbocycles. The summed E-state index contributed by atoms with van der Waals surface area (Å²) in [6.45, 7) is 16.0. The number of rotatable bonds is 9. The van der Waals surface area contributed by atoms with Crippen LogP contribution in [-0.4, -0.2) is 90.3 Å². The Morgan fingerprint density at radius 2 is 1.70 bits per heavy atom. The molecule has 3 fully saturated rings. The Bertz CT molecular complexity index is 1460. The van der Waals surface area contributed by atoms with Gasteiger partial charge in [-0.3, -0.25) is 4.57 Å². The van der Waals surface area contributed by atoms with E-state index in [2.05, 4.69) is 29.6 Å². The predicted octanol–water partition coefficient (Wildman–Crippen LogP) is 3.75. The Balaban J connectivity index is 1.27. The van der Waals surface area contributed by atoms with Crippen LogP contribution in [0.25, 0.3) is 22.4 Å². The highest BCUT2D eigenvalue weighted by Gasteiger charge is 2.52. The number of hydrogen-bond acceptors (Lipinski definition) is 9. The number of nitrogens with zero attached hydrogens (tertiary/aromatic N) is 3. The van der Waals surface area contributed by atoms with E-state index in [9.17, 15) is 5.11 Å². The van der Waals surface area contributed by atoms with Crippen LogP contribution in [0.5, 0.6) is 6.01 Å². The third kappa shape index (κ3) is 6.00. The Hall–Kier alpha value is -2.39. The van der Waals surface area contributed by atoms with Gasteiger partial charge >= 0.3 is 13.1 Å². The van der Waals surface area contributed by atoms with Gasteiger partial charge in [-0.2, -0.15) is 4.98 Å². The van der Waals surface area contributed by atoms with Crippen LogP contribution in [0.3, 0.4) is 0 Å². The van der Waals surface area contributed by atoms with E-state index in [4.69, 9.17) is 28.3 Å². The molecule has 13 heteroatoms. The normalized spacial score (nSPS) is 26.4. The molecule has 0 bridgehead atoms. The lowest BCUT2D eigenvalue weighted by Gasteiger charge is -2.32. The third-order valence-corrected chi connectivity index (χ3v) is 10.5. The standard InChI is InChI=1S/C30H41BFN3O7Si/c1-29(2)30(3,4)42-31(41-29)19-10-8-18(9-11-19)24-20(32)14-21-27(33-24)34-28(35(21)17-37-12-13-43(5,6)7)40-23-16-39-25-22(36)15-38-26(23)25/h8-11,14,22-23,25-26,36H,12-13,15-17H2,1-7H3/t22-,23-,25-,26-/m1/s1. The molecule has 0 unspecified atom stereocenters. The van der Waals surface area contributed by atoms with Gasteiger partial charge < -0.3 is 33.4 Å². The molecule has 10 nitrogen and oxygen atoms in total. The minimum Gasteiger partial charge on any atom is -0.456 e. The van der Waals surface area contributed by atoms with Gasteiger partial charge in [0.05, 0.1) is 29.9 Å². The van der Waals surface area contributed by atoms with Crippen LogP contribution in [0.15, 0.2) is 30.3 Å². The summed E-state index contributed by atoms with van der Waals surface area (Å²) >= 11 is 0. The second-order valence-electron chi connectivity index (χ2n) is 13.9. The second kappa shape index (κ2) is 11.2. The largest absolute Gasteiger partial charge is 0.494 e. The van der Waals surface area contributed by atoms with Crippen molar-refractivity contribution >= 4 is 31.8 Å². The summed E-state index contributed by atoms with van der Waals surface area (Å²) in [5.74, 6) is -0.489. The van der Waals surface area contributed by atoms with Gasteiger partial charge in [0.1, 0.15) is 30.7 Å². The molecule has 0 aliphatic carbocycles. The first-order chi connectivity index (χ1) is 20.2. The molecule has 3 aliphatic heterocycles. The first-order valence-corrected chi connectivity index (χ1v) is 18.6. The Morgan fingerprint density at radius 1 is 1.02 bits per heavy atom. The maximum Gasteiger partial charge on any atom is 0.494 e. The molecule has 0 saturated carbocycles. The lowest BCUT2D eigenvalue weighted by atomic mass is 9.79. The molecule has 4 atom stereocenters. The summed E-state index contributed by atoms with van der Waals surface area (Å²) in [4.78, 5) is 9.27. The number of aliphatic hydroxyl groups is 1. The van der Waals surface area contributed by atoms with Crippen LogP contribution in [0, 0.1) is 5.82 Å². The minimum absolute atomic E-state index is 0.130. The van der Waals surface area contributed by atoms with Crippen molar-refractivity contribution in [2.24, 2.45) is 0 Å². The highest BCUT2D eigenvalue weighted by molar-refractivity contribution is 6.76. The van der Waals surface area contributed by atoms with E-state index in [1.54, 1.807) is 4.57 Å². The second-order valence-corrected chi connectivity index (χ2v) is 19.5. The van der Waals surface area contributed by atoms with Crippen LogP contribution in [0.4, 0.5) is 4.39 Å². The molecule has 0 spiro atoms. The van der Waals surface area contributed by atoms with Crippen molar-refractivity contribution in [3.63, 3.8) is 0 Å². The predicted molar refractivity (Wildman–Crippen MR) is 163 cm³/mol. The number of hydrogen-bond donors (Lipinski definition) is 1. The first kappa shape index (κ1) is 30.6. The van der Waals surface area contributed by atoms with Gasteiger partial charge in [0.25, 0.3) is 0 Å². The number of aromatic nitrogens is 3. The fourth-order valence-electron chi connectivity index (χ4n) is 5.41. The average Bonchev–Trinajstić information content (AvgIpc) is 3.64. The van der Waals surface area contributed by atoms with Crippen molar-refractivity contribution in [1.29, 1.82) is 0 Å². The maximum atomic E-state index is 15.7. The highest BCUT2D eigenvalue weighted by atomic mass is 28.3. The Kier molecular flexibility index (Phi) is 7.98. The van der Waals surface area contributed by atoms with Gasteiger partial charge in [-0.05, 0) is 39.2 Å². The summed E-state index contributed by atoms with van der Waals surface area (Å²) < 4.78 is 53.4. The summed E-state index contributed by atoms with van der Waals surface area (Å²) in [5.41, 5.74) is 1.50. The zero-order valence-electron chi connectivity index (χ0n) is 25.9. The van der Waals surface area contributed by atoms with E-state index >= 15 is 4.39 Å². The number of ether oxygens (including phenoxy) is 4. The van der Waals surface area contributed by atoms with Crippen molar-refractivity contribution < 1.29 is 37.8 Å². The number of pyridine rings is 1. The van der Waals surface area contributed by atoms with Crippen LogP contribution >= 0.6 is 0 Å². The fourth-order valence-corrected chi connectivity index (χ4v) is 6.17. The van der Waals surface area contributed by atoms with Crippen LogP contribution in [-0.2, 0) is 30.3 Å². The van der Waals surface area contributed by atoms with Crippen LogP contribution < -0.4 is 10.2 Å². The van der Waals surface area contributed by atoms with E-state index in [1.165, 1.54) is 6.07 Å². The van der Waals surface area contributed by atoms with Gasteiger partial charge in [0.2, 0.25) is 0 Å². The summed E-state index contributed by atoms with van der Waals surface area (Å²) in [5, 5.41) is 10.1. The molecule has 3 aliphatic rings. The van der Waals surface area contributed by atoms with Gasteiger partial charge in [-0.25, -0.2) is 9.37 Å². The minimum atomic E-state index is -1.30. The quantitative estimate of drug-likeness (QED) is 0.285. The van der Waals surface area contributed by atoms with E-state index < -0.39 is 56.6 Å². The summed E-state index contributed by atoms with van der Waals surface area (Å²) in [6, 6.07) is 10.0. The lowest BCUT2D eigenvalue weighted by Crippen LogP contribution is -2.41. The molecule has 0 radical (unpaired) electrons. The fraction of sp³-hybridized carbons (Fsp3) is 0.600. The van der Waals surface area contributed by atoms with Gasteiger partial charge in [-0.1, -0.05) is 43.9 Å². The van der Waals surface area contributed by atoms with E-state index in [1.807, 2.05) is 52.0 Å². The Morgan fingerprint density at radius 3 is 2.37 bits per heavy atom. The number of aliphatic hydroxyl groups excluding tert-OH is 1. The molecule has 3 aromatic rings. The smallest absolute Gasteiger partial charge is 0.456 e. The zero-order valence-corrected chi connectivity index (χ0v) is 26.9. The summed E-state index contributed by atoms with van der Waals surface area (Å²) in [6.07, 6.45) is -2.04. The van der Waals surface area contributed by atoms with Crippen molar-refractivity contribution in [1.82, 2.24) is 14.5 Å². The highest BCUT2D eigenvalue weighted by Crippen LogP contribution is 2.37. The third-order valence-electron chi connectivity index (χ3n) is 8.82. The van der Waals surface area contributed by atoms with Crippen LogP contribution in [0.2, 0.25) is 25.7 Å². The topological polar surface area (TPSA) is 106 Å². The molecular formula is C30H41BFN3O7Si. The van der Waals surface area contributed by atoms with Gasteiger partial charge in [0.15, 0.2) is 17.6 Å². The van der Waals surface area contributed by atoms with E-state index in [-0.39, 0.29) is 31.6 Å². The number of imidazole rings is 1. The van der Waals surface area contributed by atoms with E-state index in [0.717, 1.165) is 11.5 Å². The SMILES string of the molecule is CC1(C)OB(c2ccc(-c3nc4nc(O[C@@H]5CO[C@H]6[C@@H]5OC[C@H]6O)n(COCC[Si](C)(C)C)c4cc3F)cc2)OC1(C)C. The van der Waals surface area contributed by atoms with Crippen molar-refractivity contribution in [3.05, 3.63) is 36.1 Å². The molecule has 5 heterocycles. The molecule has 1 N–H and O–H groups in total. The van der Waals surface area contributed by atoms with Gasteiger partial charge in [0, 0.05) is 26.3 Å². The number of benzene rings is 1. The Labute approximate surface area is 252 Å². The number of fused-ring (bicyclic) bond motifs is 2. The average molecular weight is 614 g/mol. The monoisotopic (exact) mass is 613 g/mol. The first-order valence-electron chi connectivity index (χ1n) is 14.9. The molecule has 43 heavy (non-hydrogen) atoms. The molecule has 2 aromatic heterocycles. The molecule has 3 saturated heterocycles. The molecular weight excluding hydrogens is 572 g/mol. The summed E-state index contributed by atoms with van der Waals surface area (Å²) in [7, 11) is -1.82. The van der Waals surface area contributed by atoms with Crippen molar-refractivity contribution in [2.45, 2.75) is 95.7 Å². The van der Waals surface area contributed by atoms with Crippen molar-refractivity contribution in [2.75, 3.05) is 19.8 Å². The van der Waals surface area contributed by atoms with E-state index in [0.29, 0.717) is 23.3 Å². The van der Waals surface area contributed by atoms with Crippen molar-refractivity contribution in [3.8, 4) is 17.3 Å². The molecule has 232 valence electrons. The maximum absolute atomic E-state index is 15.7. The lowest BCUT2D eigenvalue weighted by molar-refractivity contribution is 0.00339. The zero-order chi connectivity index (χ0) is 30.7. The molecule has 0 amide bonds.